The zero-order valence-electron chi connectivity index (χ0n) is 10.4. The number of hydrogen-bond donors (Lipinski definition) is 2. The summed E-state index contributed by atoms with van der Waals surface area (Å²) in [7, 11) is 0. The van der Waals surface area contributed by atoms with Crippen LogP contribution in [0.5, 0.6) is 0 Å². The van der Waals surface area contributed by atoms with Crippen LogP contribution < -0.4 is 5.32 Å². The van der Waals surface area contributed by atoms with E-state index in [2.05, 4.69) is 15.3 Å². The lowest BCUT2D eigenvalue weighted by atomic mass is 9.52. The molecule has 2 N–H and O–H groups in total. The summed E-state index contributed by atoms with van der Waals surface area (Å²) in [5, 5.41) is 14.1. The molecule has 0 radical (unpaired) electrons. The molecule has 18 heavy (non-hydrogen) atoms. The Morgan fingerprint density at radius 2 is 1.94 bits per heavy atom. The molecule has 96 valence electrons. The van der Waals surface area contributed by atoms with Gasteiger partial charge in [0.2, 0.25) is 0 Å². The van der Waals surface area contributed by atoms with Crippen molar-refractivity contribution in [2.24, 2.45) is 17.8 Å². The standard InChI is InChI=1S/C14H19N3O/c18-14-5-9-3-10(6-14)13(11(4-9)7-14)17-12-8-15-1-2-16-12/h1-2,8-11,13,18H,3-7H2,(H,16,17). The minimum absolute atomic E-state index is 0.350. The molecule has 2 atom stereocenters. The molecule has 1 aromatic heterocycles. The maximum Gasteiger partial charge on any atom is 0.144 e. The van der Waals surface area contributed by atoms with Crippen molar-refractivity contribution >= 4 is 5.82 Å². The summed E-state index contributed by atoms with van der Waals surface area (Å²) >= 11 is 0. The molecule has 0 saturated heterocycles. The molecule has 0 amide bonds. The third-order valence-electron chi connectivity index (χ3n) is 5.12. The van der Waals surface area contributed by atoms with Crippen LogP contribution in [-0.4, -0.2) is 26.7 Å². The maximum atomic E-state index is 10.5. The van der Waals surface area contributed by atoms with Crippen molar-refractivity contribution in [1.29, 1.82) is 0 Å². The van der Waals surface area contributed by atoms with Gasteiger partial charge in [0.1, 0.15) is 5.82 Å². The summed E-state index contributed by atoms with van der Waals surface area (Å²) < 4.78 is 0. The van der Waals surface area contributed by atoms with E-state index in [-0.39, 0.29) is 5.60 Å². The smallest absolute Gasteiger partial charge is 0.144 e. The van der Waals surface area contributed by atoms with E-state index in [1.807, 2.05) is 0 Å². The van der Waals surface area contributed by atoms with Gasteiger partial charge in [-0.15, -0.1) is 0 Å². The van der Waals surface area contributed by atoms with Crippen molar-refractivity contribution in [3.8, 4) is 0 Å². The number of hydrogen-bond acceptors (Lipinski definition) is 4. The lowest BCUT2D eigenvalue weighted by molar-refractivity contribution is -0.129. The SMILES string of the molecule is OC12CC3CC(C1)C(Nc1cnccn1)C(C3)C2. The van der Waals surface area contributed by atoms with E-state index in [0.717, 1.165) is 31.0 Å². The fourth-order valence-corrected chi connectivity index (χ4v) is 4.76. The van der Waals surface area contributed by atoms with Gasteiger partial charge in [0, 0.05) is 18.4 Å². The lowest BCUT2D eigenvalue weighted by Gasteiger charge is -2.58. The summed E-state index contributed by atoms with van der Waals surface area (Å²) in [5.41, 5.74) is -0.350. The van der Waals surface area contributed by atoms with Crippen LogP contribution >= 0.6 is 0 Å². The van der Waals surface area contributed by atoms with Crippen molar-refractivity contribution in [2.75, 3.05) is 5.32 Å². The third-order valence-corrected chi connectivity index (χ3v) is 5.12. The molecule has 4 fully saturated rings. The molecule has 4 nitrogen and oxygen atoms in total. The van der Waals surface area contributed by atoms with Gasteiger partial charge in [-0.25, -0.2) is 4.98 Å². The van der Waals surface area contributed by atoms with Gasteiger partial charge in [0.15, 0.2) is 0 Å². The van der Waals surface area contributed by atoms with E-state index in [0.29, 0.717) is 17.9 Å². The van der Waals surface area contributed by atoms with E-state index >= 15 is 0 Å². The van der Waals surface area contributed by atoms with Gasteiger partial charge in [-0.1, -0.05) is 0 Å². The molecular weight excluding hydrogens is 226 g/mol. The number of rotatable bonds is 2. The summed E-state index contributed by atoms with van der Waals surface area (Å²) in [5.74, 6) is 2.86. The molecule has 0 aliphatic heterocycles. The molecule has 0 spiro atoms. The number of nitrogens with one attached hydrogen (secondary N) is 1. The van der Waals surface area contributed by atoms with Gasteiger partial charge in [-0.3, -0.25) is 4.98 Å². The van der Waals surface area contributed by atoms with Crippen LogP contribution in [0.1, 0.15) is 32.1 Å². The third kappa shape index (κ3) is 1.62. The summed E-state index contributed by atoms with van der Waals surface area (Å²) in [6.07, 6.45) is 10.7. The fraction of sp³-hybridized carbons (Fsp3) is 0.714. The molecular formula is C14H19N3O. The van der Waals surface area contributed by atoms with Crippen LogP contribution in [-0.2, 0) is 0 Å². The Kier molecular flexibility index (Phi) is 2.19. The molecule has 5 rings (SSSR count). The van der Waals surface area contributed by atoms with E-state index in [4.69, 9.17) is 0 Å². The van der Waals surface area contributed by atoms with Gasteiger partial charge in [-0.2, -0.15) is 0 Å². The monoisotopic (exact) mass is 245 g/mol. The van der Waals surface area contributed by atoms with Crippen molar-refractivity contribution < 1.29 is 5.11 Å². The second-order valence-electron chi connectivity index (χ2n) is 6.46. The molecule has 4 aliphatic carbocycles. The molecule has 0 aromatic carbocycles. The zero-order chi connectivity index (χ0) is 12.2. The van der Waals surface area contributed by atoms with Gasteiger partial charge in [0.05, 0.1) is 11.8 Å². The highest BCUT2D eigenvalue weighted by atomic mass is 16.3. The van der Waals surface area contributed by atoms with Gasteiger partial charge >= 0.3 is 0 Å². The second kappa shape index (κ2) is 3.67. The van der Waals surface area contributed by atoms with Crippen molar-refractivity contribution in [2.45, 2.75) is 43.7 Å². The average Bonchev–Trinajstić information content (AvgIpc) is 2.33. The lowest BCUT2D eigenvalue weighted by Crippen LogP contribution is -2.59. The highest BCUT2D eigenvalue weighted by Gasteiger charge is 2.54. The minimum atomic E-state index is -0.350. The normalized spacial score (nSPS) is 45.2. The zero-order valence-corrected chi connectivity index (χ0v) is 10.4. The van der Waals surface area contributed by atoms with Gasteiger partial charge in [-0.05, 0) is 49.9 Å². The van der Waals surface area contributed by atoms with Gasteiger partial charge < -0.3 is 10.4 Å². The average molecular weight is 245 g/mol. The Morgan fingerprint density at radius 3 is 2.56 bits per heavy atom. The largest absolute Gasteiger partial charge is 0.390 e. The molecule has 4 aliphatic rings. The number of anilines is 1. The molecule has 4 bridgehead atoms. The van der Waals surface area contributed by atoms with Crippen LogP contribution in [0.2, 0.25) is 0 Å². The first-order chi connectivity index (χ1) is 8.72. The van der Waals surface area contributed by atoms with Crippen LogP contribution in [0.4, 0.5) is 5.82 Å². The maximum absolute atomic E-state index is 10.5. The second-order valence-corrected chi connectivity index (χ2v) is 6.46. The number of aliphatic hydroxyl groups is 1. The first kappa shape index (κ1) is 10.7. The molecule has 2 unspecified atom stereocenters. The number of aromatic nitrogens is 2. The Balaban J connectivity index is 1.57. The Morgan fingerprint density at radius 1 is 1.17 bits per heavy atom. The highest BCUT2D eigenvalue weighted by Crippen LogP contribution is 2.56. The predicted molar refractivity (Wildman–Crippen MR) is 67.9 cm³/mol. The van der Waals surface area contributed by atoms with Crippen molar-refractivity contribution in [3.63, 3.8) is 0 Å². The van der Waals surface area contributed by atoms with Crippen molar-refractivity contribution in [3.05, 3.63) is 18.6 Å². The van der Waals surface area contributed by atoms with Crippen LogP contribution in [0.25, 0.3) is 0 Å². The predicted octanol–water partition coefficient (Wildman–Crippen LogP) is 1.83. The minimum Gasteiger partial charge on any atom is -0.390 e. The van der Waals surface area contributed by atoms with Crippen molar-refractivity contribution in [1.82, 2.24) is 9.97 Å². The van der Waals surface area contributed by atoms with Crippen LogP contribution in [0, 0.1) is 17.8 Å². The first-order valence-electron chi connectivity index (χ1n) is 6.97. The molecule has 4 heteroatoms. The Bertz CT molecular complexity index is 434. The van der Waals surface area contributed by atoms with E-state index in [9.17, 15) is 5.11 Å². The first-order valence-corrected chi connectivity index (χ1v) is 6.97. The summed E-state index contributed by atoms with van der Waals surface area (Å²) in [6, 6.07) is 0.485. The van der Waals surface area contributed by atoms with E-state index in [1.165, 1.54) is 12.8 Å². The van der Waals surface area contributed by atoms with Gasteiger partial charge in [0.25, 0.3) is 0 Å². The van der Waals surface area contributed by atoms with E-state index in [1.54, 1.807) is 18.6 Å². The Hall–Kier alpha value is -1.16. The van der Waals surface area contributed by atoms with Crippen LogP contribution in [0.3, 0.4) is 0 Å². The Labute approximate surface area is 107 Å². The summed E-state index contributed by atoms with van der Waals surface area (Å²) in [6.45, 7) is 0. The topological polar surface area (TPSA) is 58.0 Å². The van der Waals surface area contributed by atoms with Crippen LogP contribution in [0.15, 0.2) is 18.6 Å². The van der Waals surface area contributed by atoms with E-state index < -0.39 is 0 Å². The number of nitrogens with zero attached hydrogens (tertiary/aromatic N) is 2. The fourth-order valence-electron chi connectivity index (χ4n) is 4.76. The highest BCUT2D eigenvalue weighted by molar-refractivity contribution is 5.33. The molecule has 1 heterocycles. The quantitative estimate of drug-likeness (QED) is 0.834. The molecule has 1 aromatic rings. The summed E-state index contributed by atoms with van der Waals surface area (Å²) in [4.78, 5) is 8.42. The molecule has 4 saturated carbocycles.